The van der Waals surface area contributed by atoms with E-state index in [-0.39, 0.29) is 35.7 Å². The first-order chi connectivity index (χ1) is 15.8. The van der Waals surface area contributed by atoms with Gasteiger partial charge in [-0.15, -0.1) is 0 Å². The molecule has 2 N–H and O–H groups in total. The minimum atomic E-state index is -0.983. The predicted octanol–water partition coefficient (Wildman–Crippen LogP) is 4.96. The second-order valence-electron chi connectivity index (χ2n) is 8.98. The van der Waals surface area contributed by atoms with Crippen molar-refractivity contribution < 1.29 is 18.4 Å². The van der Waals surface area contributed by atoms with Crippen LogP contribution in [0, 0.1) is 23.5 Å². The summed E-state index contributed by atoms with van der Waals surface area (Å²) in [4.78, 5) is 29.6. The van der Waals surface area contributed by atoms with Crippen molar-refractivity contribution in [1.82, 2.24) is 14.9 Å². The van der Waals surface area contributed by atoms with Crippen molar-refractivity contribution in [3.8, 4) is 0 Å². The van der Waals surface area contributed by atoms with Crippen LogP contribution in [0.5, 0.6) is 0 Å². The lowest BCUT2D eigenvalue weighted by atomic mass is 10.0. The molecule has 1 unspecified atom stereocenters. The van der Waals surface area contributed by atoms with Crippen molar-refractivity contribution >= 4 is 28.5 Å². The van der Waals surface area contributed by atoms with E-state index in [1.54, 1.807) is 4.57 Å². The zero-order chi connectivity index (χ0) is 23.5. The van der Waals surface area contributed by atoms with Crippen LogP contribution >= 0.6 is 0 Å². The van der Waals surface area contributed by atoms with Crippen molar-refractivity contribution in [2.45, 2.75) is 52.1 Å². The number of imidazole rings is 1. The number of aromatic nitrogens is 2. The predicted molar refractivity (Wildman–Crippen MR) is 122 cm³/mol. The minimum absolute atomic E-state index is 0.0456. The summed E-state index contributed by atoms with van der Waals surface area (Å²) in [6.07, 6.45) is 5.48. The van der Waals surface area contributed by atoms with Crippen LogP contribution in [0.2, 0.25) is 0 Å². The Morgan fingerprint density at radius 3 is 2.58 bits per heavy atom. The molecule has 0 spiro atoms. The highest BCUT2D eigenvalue weighted by Crippen LogP contribution is 2.27. The first-order valence-electron chi connectivity index (χ1n) is 11.3. The Balaban J connectivity index is 1.46. The molecule has 2 amide bonds. The van der Waals surface area contributed by atoms with Gasteiger partial charge in [-0.3, -0.25) is 9.59 Å². The molecule has 174 valence electrons. The highest BCUT2D eigenvalue weighted by atomic mass is 19.2. The van der Waals surface area contributed by atoms with E-state index in [9.17, 15) is 18.4 Å². The van der Waals surface area contributed by atoms with Crippen LogP contribution in [-0.4, -0.2) is 21.4 Å². The maximum Gasteiger partial charge on any atom is 0.243 e. The third-order valence-electron chi connectivity index (χ3n) is 6.20. The zero-order valence-electron chi connectivity index (χ0n) is 18.8. The molecule has 1 aliphatic rings. The van der Waals surface area contributed by atoms with E-state index in [2.05, 4.69) is 15.6 Å². The number of halogens is 2. The molecular weight excluding hydrogens is 426 g/mol. The lowest BCUT2D eigenvalue weighted by molar-refractivity contribution is -0.125. The molecule has 1 fully saturated rings. The van der Waals surface area contributed by atoms with Crippen LogP contribution in [0.4, 0.5) is 14.5 Å². The number of hydrogen-bond donors (Lipinski definition) is 2. The molecule has 4 rings (SSSR count). The van der Waals surface area contributed by atoms with E-state index in [4.69, 9.17) is 0 Å². The lowest BCUT2D eigenvalue weighted by Crippen LogP contribution is -2.35. The van der Waals surface area contributed by atoms with E-state index in [0.29, 0.717) is 11.2 Å². The molecule has 0 saturated heterocycles. The number of carbonyl (C=O) groups excluding carboxylic acids is 2. The fourth-order valence-electron chi connectivity index (χ4n) is 4.48. The maximum absolute atomic E-state index is 13.8. The normalized spacial score (nSPS) is 15.2. The van der Waals surface area contributed by atoms with Crippen LogP contribution in [0.3, 0.4) is 0 Å². The number of amides is 2. The van der Waals surface area contributed by atoms with Crippen LogP contribution in [-0.2, 0) is 16.1 Å². The molecular formula is C25H28F2N4O2. The molecule has 1 aromatic heterocycles. The zero-order valence-corrected chi connectivity index (χ0v) is 18.8. The van der Waals surface area contributed by atoms with Gasteiger partial charge in [0.25, 0.3) is 0 Å². The highest BCUT2D eigenvalue weighted by molar-refractivity contribution is 5.92. The van der Waals surface area contributed by atoms with Gasteiger partial charge in [0.05, 0.1) is 17.4 Å². The van der Waals surface area contributed by atoms with Crippen molar-refractivity contribution in [3.63, 3.8) is 0 Å². The summed E-state index contributed by atoms with van der Waals surface area (Å²) >= 11 is 0. The first-order valence-corrected chi connectivity index (χ1v) is 11.3. The number of anilines is 1. The average Bonchev–Trinajstić information content (AvgIpc) is 3.44. The Morgan fingerprint density at radius 1 is 1.12 bits per heavy atom. The standard InChI is InChI=1S/C25H28F2N4O2/c1-15(2)23(31-14-29-21-11-19(26)20(27)12-22(21)31)25(33)28-13-16-6-5-9-18(10-16)30-24(32)17-7-3-4-8-17/h5-6,9-12,14-15,17,23H,3-4,7-8,13H2,1-2H3,(H,28,33)(H,30,32). The van der Waals surface area contributed by atoms with Crippen molar-refractivity contribution in [2.24, 2.45) is 11.8 Å². The van der Waals surface area contributed by atoms with E-state index >= 15 is 0 Å². The average molecular weight is 455 g/mol. The molecule has 1 heterocycles. The van der Waals surface area contributed by atoms with Gasteiger partial charge in [0.2, 0.25) is 11.8 Å². The Labute approximate surface area is 191 Å². The van der Waals surface area contributed by atoms with Crippen LogP contribution in [0.1, 0.15) is 51.1 Å². The van der Waals surface area contributed by atoms with Gasteiger partial charge in [0.15, 0.2) is 11.6 Å². The van der Waals surface area contributed by atoms with Crippen molar-refractivity contribution in [3.05, 3.63) is 59.9 Å². The summed E-state index contributed by atoms with van der Waals surface area (Å²) in [5.41, 5.74) is 2.20. The fourth-order valence-corrected chi connectivity index (χ4v) is 4.48. The first kappa shape index (κ1) is 22.9. The van der Waals surface area contributed by atoms with Gasteiger partial charge >= 0.3 is 0 Å². The molecule has 33 heavy (non-hydrogen) atoms. The Kier molecular flexibility index (Phi) is 6.72. The molecule has 3 aromatic rings. The Bertz CT molecular complexity index is 1170. The highest BCUT2D eigenvalue weighted by Gasteiger charge is 2.26. The number of nitrogens with one attached hydrogen (secondary N) is 2. The minimum Gasteiger partial charge on any atom is -0.350 e. The van der Waals surface area contributed by atoms with Gasteiger partial charge in [-0.05, 0) is 36.5 Å². The van der Waals surface area contributed by atoms with Crippen molar-refractivity contribution in [1.29, 1.82) is 0 Å². The number of benzene rings is 2. The number of carbonyl (C=O) groups is 2. The maximum atomic E-state index is 13.8. The number of hydrogen-bond acceptors (Lipinski definition) is 3. The smallest absolute Gasteiger partial charge is 0.243 e. The summed E-state index contributed by atoms with van der Waals surface area (Å²) in [6, 6.07) is 8.85. The number of nitrogens with zero attached hydrogens (tertiary/aromatic N) is 2. The van der Waals surface area contributed by atoms with Gasteiger partial charge in [-0.2, -0.15) is 0 Å². The largest absolute Gasteiger partial charge is 0.350 e. The monoisotopic (exact) mass is 454 g/mol. The fraction of sp³-hybridized carbons (Fsp3) is 0.400. The summed E-state index contributed by atoms with van der Waals surface area (Å²) in [7, 11) is 0. The Hall–Kier alpha value is -3.29. The second kappa shape index (κ2) is 9.68. The van der Waals surface area contributed by atoms with E-state index in [0.717, 1.165) is 43.4 Å². The van der Waals surface area contributed by atoms with Gasteiger partial charge in [0.1, 0.15) is 6.04 Å². The van der Waals surface area contributed by atoms with Gasteiger partial charge in [0, 0.05) is 30.3 Å². The molecule has 1 aliphatic carbocycles. The van der Waals surface area contributed by atoms with Gasteiger partial charge in [-0.1, -0.05) is 38.8 Å². The number of rotatable bonds is 7. The summed E-state index contributed by atoms with van der Waals surface area (Å²) in [5, 5.41) is 5.90. The third-order valence-corrected chi connectivity index (χ3v) is 6.20. The van der Waals surface area contributed by atoms with Crippen molar-refractivity contribution in [2.75, 3.05) is 5.32 Å². The topological polar surface area (TPSA) is 76.0 Å². The summed E-state index contributed by atoms with van der Waals surface area (Å²) < 4.78 is 29.0. The molecule has 2 aromatic carbocycles. The third kappa shape index (κ3) is 5.05. The molecule has 0 radical (unpaired) electrons. The molecule has 6 nitrogen and oxygen atoms in total. The van der Waals surface area contributed by atoms with E-state index < -0.39 is 17.7 Å². The molecule has 1 atom stereocenters. The molecule has 0 aliphatic heterocycles. The molecule has 0 bridgehead atoms. The summed E-state index contributed by atoms with van der Waals surface area (Å²) in [6.45, 7) is 4.04. The number of fused-ring (bicyclic) bond motifs is 1. The van der Waals surface area contributed by atoms with Crippen LogP contribution < -0.4 is 10.6 Å². The molecule has 8 heteroatoms. The lowest BCUT2D eigenvalue weighted by Gasteiger charge is -2.22. The summed E-state index contributed by atoms with van der Waals surface area (Å²) in [5.74, 6) is -2.21. The SMILES string of the molecule is CC(C)C(C(=O)NCc1cccc(NC(=O)C2CCCC2)c1)n1cnc2cc(F)c(F)cc21. The Morgan fingerprint density at radius 2 is 1.85 bits per heavy atom. The van der Waals surface area contributed by atoms with E-state index in [1.807, 2.05) is 38.1 Å². The quantitative estimate of drug-likeness (QED) is 0.530. The molecule has 1 saturated carbocycles. The van der Waals surface area contributed by atoms with E-state index in [1.165, 1.54) is 6.33 Å². The van der Waals surface area contributed by atoms with Gasteiger partial charge in [-0.25, -0.2) is 13.8 Å². The van der Waals surface area contributed by atoms with Crippen LogP contribution in [0.15, 0.2) is 42.7 Å². The van der Waals surface area contributed by atoms with Crippen LogP contribution in [0.25, 0.3) is 11.0 Å². The second-order valence-corrected chi connectivity index (χ2v) is 8.98. The van der Waals surface area contributed by atoms with Gasteiger partial charge < -0.3 is 15.2 Å².